The van der Waals surface area contributed by atoms with Gasteiger partial charge in [-0.15, -0.1) is 0 Å². The Labute approximate surface area is 258 Å². The van der Waals surface area contributed by atoms with E-state index in [1.165, 1.54) is 12.1 Å². The maximum atomic E-state index is 11.9. The molecular weight excluding hydrogens is 580 g/mol. The number of imidazole rings is 1. The molecule has 0 aliphatic carbocycles. The molecule has 5 aromatic rings. The Kier molecular flexibility index (Phi) is 9.62. The SMILES string of the molecule is CCCCn1c(-c2ccccc2)nc(-c2ccccc2)c1CN(Cc1ccc(S(N)(=O)=O)cc1)Cc1ccc(O)cc1Cl. The highest BCUT2D eigenvalue weighted by molar-refractivity contribution is 7.89. The maximum absolute atomic E-state index is 11.9. The molecule has 0 unspecified atom stereocenters. The van der Waals surface area contributed by atoms with Crippen molar-refractivity contribution < 1.29 is 13.5 Å². The van der Waals surface area contributed by atoms with Crippen molar-refractivity contribution in [3.05, 3.63) is 125 Å². The van der Waals surface area contributed by atoms with Gasteiger partial charge in [-0.2, -0.15) is 0 Å². The number of sulfonamides is 1. The van der Waals surface area contributed by atoms with E-state index in [4.69, 9.17) is 21.7 Å². The zero-order valence-electron chi connectivity index (χ0n) is 24.0. The summed E-state index contributed by atoms with van der Waals surface area (Å²) in [5.41, 5.74) is 5.87. The van der Waals surface area contributed by atoms with Gasteiger partial charge in [-0.05, 0) is 41.8 Å². The molecule has 0 spiro atoms. The van der Waals surface area contributed by atoms with E-state index in [0.29, 0.717) is 24.7 Å². The van der Waals surface area contributed by atoms with Crippen molar-refractivity contribution >= 4 is 21.6 Å². The van der Waals surface area contributed by atoms with E-state index in [1.807, 2.05) is 42.5 Å². The summed E-state index contributed by atoms with van der Waals surface area (Å²) in [6.07, 6.45) is 2.03. The van der Waals surface area contributed by atoms with Crippen LogP contribution < -0.4 is 5.14 Å². The number of hydrogen-bond donors (Lipinski definition) is 2. The number of nitrogens with two attached hydrogens (primary N) is 1. The van der Waals surface area contributed by atoms with E-state index in [0.717, 1.165) is 58.9 Å². The van der Waals surface area contributed by atoms with Gasteiger partial charge < -0.3 is 9.67 Å². The number of rotatable bonds is 12. The number of phenolic OH excluding ortho intramolecular Hbond substituents is 1. The molecule has 5 rings (SSSR count). The van der Waals surface area contributed by atoms with Crippen LogP contribution in [0.4, 0.5) is 0 Å². The average Bonchev–Trinajstić information content (AvgIpc) is 3.36. The molecule has 43 heavy (non-hydrogen) atoms. The number of hydrogen-bond acceptors (Lipinski definition) is 5. The largest absolute Gasteiger partial charge is 0.508 e. The molecule has 222 valence electrons. The molecule has 0 aliphatic rings. The number of phenols is 1. The van der Waals surface area contributed by atoms with Crippen molar-refractivity contribution in [1.82, 2.24) is 14.5 Å². The lowest BCUT2D eigenvalue weighted by atomic mass is 10.1. The van der Waals surface area contributed by atoms with Gasteiger partial charge in [-0.25, -0.2) is 18.5 Å². The second-order valence-electron chi connectivity index (χ2n) is 10.6. The van der Waals surface area contributed by atoms with Gasteiger partial charge >= 0.3 is 0 Å². The van der Waals surface area contributed by atoms with E-state index >= 15 is 0 Å². The first kappa shape index (κ1) is 30.5. The smallest absolute Gasteiger partial charge is 0.238 e. The van der Waals surface area contributed by atoms with Crippen LogP contribution in [0, 0.1) is 0 Å². The van der Waals surface area contributed by atoms with Crippen LogP contribution >= 0.6 is 11.6 Å². The topological polar surface area (TPSA) is 101 Å². The Morgan fingerprint density at radius 3 is 2.12 bits per heavy atom. The fraction of sp³-hybridized carbons (Fsp3) is 0.206. The lowest BCUT2D eigenvalue weighted by Gasteiger charge is -2.25. The van der Waals surface area contributed by atoms with Gasteiger partial charge in [-0.1, -0.05) is 104 Å². The summed E-state index contributed by atoms with van der Waals surface area (Å²) in [6, 6.07) is 32.1. The van der Waals surface area contributed by atoms with Gasteiger partial charge in [0.15, 0.2) is 0 Å². The van der Waals surface area contributed by atoms with Gasteiger partial charge in [0, 0.05) is 42.3 Å². The first-order chi connectivity index (χ1) is 20.7. The third kappa shape index (κ3) is 7.53. The highest BCUT2D eigenvalue weighted by Gasteiger charge is 2.23. The van der Waals surface area contributed by atoms with Crippen LogP contribution in [-0.2, 0) is 36.2 Å². The van der Waals surface area contributed by atoms with Crippen molar-refractivity contribution in [3.63, 3.8) is 0 Å². The molecule has 1 aromatic heterocycles. The molecule has 0 fully saturated rings. The van der Waals surface area contributed by atoms with Gasteiger partial charge in [-0.3, -0.25) is 4.90 Å². The molecule has 0 aliphatic heterocycles. The van der Waals surface area contributed by atoms with Crippen molar-refractivity contribution in [1.29, 1.82) is 0 Å². The summed E-state index contributed by atoms with van der Waals surface area (Å²) in [5.74, 6) is 1.03. The van der Waals surface area contributed by atoms with Crippen LogP contribution in [0.2, 0.25) is 5.02 Å². The van der Waals surface area contributed by atoms with Gasteiger partial charge in [0.25, 0.3) is 0 Å². The average molecular weight is 615 g/mol. The molecule has 0 atom stereocenters. The van der Waals surface area contributed by atoms with Crippen LogP contribution in [0.25, 0.3) is 22.6 Å². The van der Waals surface area contributed by atoms with E-state index in [9.17, 15) is 13.5 Å². The highest BCUT2D eigenvalue weighted by Crippen LogP contribution is 2.32. The number of aromatic hydroxyl groups is 1. The number of halogens is 1. The minimum atomic E-state index is -3.80. The van der Waals surface area contributed by atoms with Crippen LogP contribution in [0.3, 0.4) is 0 Å². The molecule has 0 amide bonds. The van der Waals surface area contributed by atoms with Crippen molar-refractivity contribution in [2.45, 2.75) is 50.8 Å². The van der Waals surface area contributed by atoms with E-state index in [1.54, 1.807) is 24.3 Å². The maximum Gasteiger partial charge on any atom is 0.238 e. The molecule has 9 heteroatoms. The van der Waals surface area contributed by atoms with Crippen LogP contribution in [-0.4, -0.2) is 28.0 Å². The summed E-state index contributed by atoms with van der Waals surface area (Å²) in [5, 5.41) is 15.8. The van der Waals surface area contributed by atoms with Crippen LogP contribution in [0.15, 0.2) is 108 Å². The minimum absolute atomic E-state index is 0.0703. The Hall–Kier alpha value is -3.95. The number of benzene rings is 4. The molecule has 0 radical (unpaired) electrons. The first-order valence-electron chi connectivity index (χ1n) is 14.2. The molecule has 7 nitrogen and oxygen atoms in total. The first-order valence-corrected chi connectivity index (χ1v) is 16.2. The third-order valence-corrected chi connectivity index (χ3v) is 8.63. The minimum Gasteiger partial charge on any atom is -0.508 e. The number of unbranched alkanes of at least 4 members (excludes halogenated alkanes) is 1. The summed E-state index contributed by atoms with van der Waals surface area (Å²) in [6.45, 7) is 4.54. The quantitative estimate of drug-likeness (QED) is 0.154. The fourth-order valence-electron chi connectivity index (χ4n) is 5.17. The molecular formula is C34H35ClN4O3S. The molecule has 3 N–H and O–H groups in total. The zero-order chi connectivity index (χ0) is 30.4. The normalized spacial score (nSPS) is 11.7. The zero-order valence-corrected chi connectivity index (χ0v) is 25.6. The van der Waals surface area contributed by atoms with Crippen molar-refractivity contribution in [3.8, 4) is 28.4 Å². The van der Waals surface area contributed by atoms with Crippen molar-refractivity contribution in [2.75, 3.05) is 0 Å². The summed E-state index contributed by atoms with van der Waals surface area (Å²) in [7, 11) is -3.80. The molecule has 0 saturated heterocycles. The third-order valence-electron chi connectivity index (χ3n) is 7.35. The second kappa shape index (κ2) is 13.6. The summed E-state index contributed by atoms with van der Waals surface area (Å²) >= 11 is 6.58. The van der Waals surface area contributed by atoms with Gasteiger partial charge in [0.2, 0.25) is 10.0 Å². The Balaban J connectivity index is 1.61. The van der Waals surface area contributed by atoms with Crippen LogP contribution in [0.5, 0.6) is 5.75 Å². The number of aromatic nitrogens is 2. The van der Waals surface area contributed by atoms with Crippen molar-refractivity contribution in [2.24, 2.45) is 5.14 Å². The fourth-order valence-corrected chi connectivity index (χ4v) is 5.92. The number of primary sulfonamides is 1. The van der Waals surface area contributed by atoms with Gasteiger partial charge in [0.05, 0.1) is 16.3 Å². The summed E-state index contributed by atoms with van der Waals surface area (Å²) in [4.78, 5) is 7.56. The lowest BCUT2D eigenvalue weighted by Crippen LogP contribution is -2.25. The molecule has 1 heterocycles. The Morgan fingerprint density at radius 1 is 0.860 bits per heavy atom. The monoisotopic (exact) mass is 614 g/mol. The predicted octanol–water partition coefficient (Wildman–Crippen LogP) is 7.23. The van der Waals surface area contributed by atoms with Gasteiger partial charge in [0.1, 0.15) is 11.6 Å². The van der Waals surface area contributed by atoms with E-state index < -0.39 is 10.0 Å². The van der Waals surface area contributed by atoms with Crippen LogP contribution in [0.1, 0.15) is 36.6 Å². The highest BCUT2D eigenvalue weighted by atomic mass is 35.5. The molecule has 0 saturated carbocycles. The standard InChI is InChI=1S/C34H35ClN4O3S/c1-2-3-20-39-32(33(26-10-6-4-7-11-26)37-34(39)27-12-8-5-9-13-27)24-38(23-28-16-17-29(40)21-31(28)35)22-25-14-18-30(19-15-25)43(36,41)42/h4-19,21,40H,2-3,20,22-24H2,1H3,(H2,36,41,42). The summed E-state index contributed by atoms with van der Waals surface area (Å²) < 4.78 is 26.0. The predicted molar refractivity (Wildman–Crippen MR) is 172 cm³/mol. The second-order valence-corrected chi connectivity index (χ2v) is 12.5. The lowest BCUT2D eigenvalue weighted by molar-refractivity contribution is 0.241. The Morgan fingerprint density at radius 2 is 1.51 bits per heavy atom. The number of nitrogens with zero attached hydrogens (tertiary/aromatic N) is 3. The molecule has 0 bridgehead atoms. The van der Waals surface area contributed by atoms with E-state index in [2.05, 4.69) is 40.7 Å². The Bertz CT molecular complexity index is 1770. The van der Waals surface area contributed by atoms with E-state index in [-0.39, 0.29) is 10.6 Å². The molecule has 4 aromatic carbocycles.